The zero-order valence-corrected chi connectivity index (χ0v) is 17.2. The van der Waals surface area contributed by atoms with E-state index in [0.29, 0.717) is 5.92 Å². The molecule has 0 spiro atoms. The molecule has 0 aromatic heterocycles. The smallest absolute Gasteiger partial charge is 0.253 e. The summed E-state index contributed by atoms with van der Waals surface area (Å²) in [6.07, 6.45) is 3.00. The Morgan fingerprint density at radius 1 is 1.21 bits per heavy atom. The molecule has 1 aliphatic heterocycles. The zero-order chi connectivity index (χ0) is 20.1. The minimum absolute atomic E-state index is 0.0981. The minimum Gasteiger partial charge on any atom is -0.341 e. The normalized spacial score (nSPS) is 17.5. The molecule has 2 aromatic carbocycles. The van der Waals surface area contributed by atoms with Crippen molar-refractivity contribution in [1.29, 1.82) is 0 Å². The fraction of sp³-hybridized carbons (Fsp3) is 0.458. The fourth-order valence-corrected chi connectivity index (χ4v) is 4.21. The van der Waals surface area contributed by atoms with E-state index in [0.717, 1.165) is 62.1 Å². The van der Waals surface area contributed by atoms with Gasteiger partial charge in [0.05, 0.1) is 0 Å². The predicted molar refractivity (Wildman–Crippen MR) is 112 cm³/mol. The van der Waals surface area contributed by atoms with Crippen LogP contribution in [0, 0.1) is 25.6 Å². The summed E-state index contributed by atoms with van der Waals surface area (Å²) in [5.74, 6) is 0.449. The molecule has 0 unspecified atom stereocenters. The van der Waals surface area contributed by atoms with Crippen molar-refractivity contribution in [2.24, 2.45) is 5.92 Å². The molecule has 0 aliphatic carbocycles. The first-order valence-electron chi connectivity index (χ1n) is 10.2. The summed E-state index contributed by atoms with van der Waals surface area (Å²) < 4.78 is 13.8. The van der Waals surface area contributed by atoms with Crippen LogP contribution in [0.4, 0.5) is 4.39 Å². The van der Waals surface area contributed by atoms with E-state index in [-0.39, 0.29) is 11.7 Å². The van der Waals surface area contributed by atoms with Gasteiger partial charge in [-0.3, -0.25) is 4.79 Å². The standard InChI is InChI=1S/C24H31FN2O/c1-18-10-11-22(19(2)15-18)24(28)26(3)16-20-7-6-13-27(17-20)14-12-21-8-4-5-9-23(21)25/h4-5,8-11,15,20H,6-7,12-14,16-17H2,1-3H3/t20-/m1/s1. The first kappa shape index (κ1) is 20.5. The molecule has 0 saturated carbocycles. The van der Waals surface area contributed by atoms with Crippen molar-refractivity contribution in [2.45, 2.75) is 33.1 Å². The second kappa shape index (κ2) is 9.33. The number of aryl methyl sites for hydroxylation is 2. The Labute approximate surface area is 168 Å². The Balaban J connectivity index is 1.54. The summed E-state index contributed by atoms with van der Waals surface area (Å²) in [5.41, 5.74) is 3.79. The fourth-order valence-electron chi connectivity index (χ4n) is 4.21. The zero-order valence-electron chi connectivity index (χ0n) is 17.2. The van der Waals surface area contributed by atoms with E-state index >= 15 is 0 Å². The molecule has 1 atom stereocenters. The molecule has 4 heteroatoms. The van der Waals surface area contributed by atoms with Crippen molar-refractivity contribution < 1.29 is 9.18 Å². The SMILES string of the molecule is Cc1ccc(C(=O)N(C)C[C@H]2CCCN(CCc3ccccc3F)C2)c(C)c1. The highest BCUT2D eigenvalue weighted by atomic mass is 19.1. The van der Waals surface area contributed by atoms with Crippen LogP contribution in [-0.2, 0) is 6.42 Å². The van der Waals surface area contributed by atoms with E-state index in [1.807, 2.05) is 50.1 Å². The molecule has 2 aromatic rings. The molecule has 3 nitrogen and oxygen atoms in total. The van der Waals surface area contributed by atoms with Crippen LogP contribution in [0.25, 0.3) is 0 Å². The molecule has 0 N–H and O–H groups in total. The molecule has 0 bridgehead atoms. The summed E-state index contributed by atoms with van der Waals surface area (Å²) in [6, 6.07) is 13.0. The van der Waals surface area contributed by atoms with Gasteiger partial charge in [-0.2, -0.15) is 0 Å². The maximum atomic E-state index is 13.8. The summed E-state index contributed by atoms with van der Waals surface area (Å²) in [5, 5.41) is 0. The number of piperidine rings is 1. The molecular weight excluding hydrogens is 351 g/mol. The van der Waals surface area contributed by atoms with Gasteiger partial charge in [-0.05, 0) is 68.8 Å². The molecule has 150 valence electrons. The summed E-state index contributed by atoms with van der Waals surface area (Å²) in [6.45, 7) is 7.70. The second-order valence-corrected chi connectivity index (χ2v) is 8.15. The Kier molecular flexibility index (Phi) is 6.84. The van der Waals surface area contributed by atoms with Crippen LogP contribution < -0.4 is 0 Å². The van der Waals surface area contributed by atoms with Gasteiger partial charge in [0.1, 0.15) is 5.82 Å². The molecule has 0 radical (unpaired) electrons. The topological polar surface area (TPSA) is 23.6 Å². The van der Waals surface area contributed by atoms with Crippen LogP contribution in [0.1, 0.15) is 39.9 Å². The van der Waals surface area contributed by atoms with E-state index in [9.17, 15) is 9.18 Å². The molecule has 1 heterocycles. The maximum absolute atomic E-state index is 13.8. The van der Waals surface area contributed by atoms with Crippen LogP contribution in [0.5, 0.6) is 0 Å². The molecule has 1 amide bonds. The van der Waals surface area contributed by atoms with E-state index in [4.69, 9.17) is 0 Å². The number of hydrogen-bond acceptors (Lipinski definition) is 2. The Morgan fingerprint density at radius 2 is 2.00 bits per heavy atom. The van der Waals surface area contributed by atoms with Crippen LogP contribution in [0.3, 0.4) is 0 Å². The number of carbonyl (C=O) groups excluding carboxylic acids is 1. The van der Waals surface area contributed by atoms with Crippen molar-refractivity contribution in [1.82, 2.24) is 9.80 Å². The van der Waals surface area contributed by atoms with Crippen LogP contribution >= 0.6 is 0 Å². The Bertz CT molecular complexity index is 820. The number of carbonyl (C=O) groups is 1. The van der Waals surface area contributed by atoms with Gasteiger partial charge in [-0.25, -0.2) is 4.39 Å². The van der Waals surface area contributed by atoms with Gasteiger partial charge in [0.2, 0.25) is 0 Å². The van der Waals surface area contributed by atoms with Gasteiger partial charge in [0.25, 0.3) is 5.91 Å². The minimum atomic E-state index is -0.116. The maximum Gasteiger partial charge on any atom is 0.253 e. The van der Waals surface area contributed by atoms with Crippen LogP contribution in [-0.4, -0.2) is 48.9 Å². The van der Waals surface area contributed by atoms with Crippen molar-refractivity contribution >= 4 is 5.91 Å². The average molecular weight is 383 g/mol. The molecular formula is C24H31FN2O. The van der Waals surface area contributed by atoms with Crippen LogP contribution in [0.15, 0.2) is 42.5 Å². The number of nitrogens with zero attached hydrogens (tertiary/aromatic N) is 2. The van der Waals surface area contributed by atoms with Gasteiger partial charge in [0.15, 0.2) is 0 Å². The summed E-state index contributed by atoms with van der Waals surface area (Å²) in [7, 11) is 1.90. The van der Waals surface area contributed by atoms with Crippen molar-refractivity contribution in [3.8, 4) is 0 Å². The third kappa shape index (κ3) is 5.20. The number of amides is 1. The number of hydrogen-bond donors (Lipinski definition) is 0. The molecule has 28 heavy (non-hydrogen) atoms. The van der Waals surface area contributed by atoms with E-state index < -0.39 is 0 Å². The van der Waals surface area contributed by atoms with Crippen molar-refractivity contribution in [3.63, 3.8) is 0 Å². The van der Waals surface area contributed by atoms with E-state index in [1.54, 1.807) is 6.07 Å². The van der Waals surface area contributed by atoms with Gasteiger partial charge in [-0.15, -0.1) is 0 Å². The molecule has 1 saturated heterocycles. The van der Waals surface area contributed by atoms with Crippen molar-refractivity contribution in [2.75, 3.05) is 33.2 Å². The number of rotatable bonds is 6. The quantitative estimate of drug-likeness (QED) is 0.736. The highest BCUT2D eigenvalue weighted by Gasteiger charge is 2.23. The lowest BCUT2D eigenvalue weighted by atomic mass is 9.96. The first-order valence-corrected chi connectivity index (χ1v) is 10.2. The Hall–Kier alpha value is -2.20. The van der Waals surface area contributed by atoms with Gasteiger partial charge in [0, 0.05) is 32.2 Å². The Morgan fingerprint density at radius 3 is 2.75 bits per heavy atom. The summed E-state index contributed by atoms with van der Waals surface area (Å²) >= 11 is 0. The number of likely N-dealkylation sites (tertiary alicyclic amines) is 1. The molecule has 1 fully saturated rings. The van der Waals surface area contributed by atoms with Crippen LogP contribution in [0.2, 0.25) is 0 Å². The van der Waals surface area contributed by atoms with Gasteiger partial charge >= 0.3 is 0 Å². The van der Waals surface area contributed by atoms with Crippen molar-refractivity contribution in [3.05, 3.63) is 70.5 Å². The second-order valence-electron chi connectivity index (χ2n) is 8.15. The lowest BCUT2D eigenvalue weighted by Crippen LogP contribution is -2.42. The van der Waals surface area contributed by atoms with E-state index in [1.165, 1.54) is 11.6 Å². The first-order chi connectivity index (χ1) is 13.4. The lowest BCUT2D eigenvalue weighted by molar-refractivity contribution is 0.0729. The third-order valence-electron chi connectivity index (χ3n) is 5.75. The molecule has 3 rings (SSSR count). The number of benzene rings is 2. The predicted octanol–water partition coefficient (Wildman–Crippen LogP) is 4.47. The highest BCUT2D eigenvalue weighted by Crippen LogP contribution is 2.20. The largest absolute Gasteiger partial charge is 0.341 e. The average Bonchev–Trinajstić information content (AvgIpc) is 2.67. The van der Waals surface area contributed by atoms with E-state index in [2.05, 4.69) is 11.0 Å². The summed E-state index contributed by atoms with van der Waals surface area (Å²) in [4.78, 5) is 17.1. The highest BCUT2D eigenvalue weighted by molar-refractivity contribution is 5.95. The molecule has 1 aliphatic rings. The monoisotopic (exact) mass is 382 g/mol. The lowest BCUT2D eigenvalue weighted by Gasteiger charge is -2.35. The third-order valence-corrected chi connectivity index (χ3v) is 5.75. The van der Waals surface area contributed by atoms with Gasteiger partial charge < -0.3 is 9.80 Å². The number of halogens is 1. The van der Waals surface area contributed by atoms with Gasteiger partial charge in [-0.1, -0.05) is 35.9 Å².